The molecule has 0 radical (unpaired) electrons. The standard InChI is InChI=1S/C17H22N2O2S/c1-20-14-9-5-8-13(17(14)21-2)15-10-19-16(22-15)11-18-12-6-3-4-7-12/h5,8-10,12,18H,3-4,6-7,11H2,1-2H3. The molecule has 2 aromatic rings. The molecule has 0 bridgehead atoms. The lowest BCUT2D eigenvalue weighted by Gasteiger charge is -2.11. The fourth-order valence-corrected chi connectivity index (χ4v) is 3.85. The number of nitrogens with zero attached hydrogens (tertiary/aromatic N) is 1. The second-order valence-corrected chi connectivity index (χ2v) is 6.64. The van der Waals surface area contributed by atoms with Crippen molar-refractivity contribution in [2.24, 2.45) is 0 Å². The Hall–Kier alpha value is -1.59. The summed E-state index contributed by atoms with van der Waals surface area (Å²) in [7, 11) is 3.33. The van der Waals surface area contributed by atoms with Gasteiger partial charge in [0.1, 0.15) is 5.01 Å². The number of hydrogen-bond acceptors (Lipinski definition) is 5. The Labute approximate surface area is 135 Å². The Kier molecular flexibility index (Phi) is 4.95. The van der Waals surface area contributed by atoms with Crippen LogP contribution in [0.2, 0.25) is 0 Å². The molecule has 1 aromatic carbocycles. The van der Waals surface area contributed by atoms with E-state index in [1.807, 2.05) is 24.4 Å². The zero-order valence-electron chi connectivity index (χ0n) is 13.1. The van der Waals surface area contributed by atoms with Crippen molar-refractivity contribution in [3.63, 3.8) is 0 Å². The van der Waals surface area contributed by atoms with Crippen LogP contribution in [-0.2, 0) is 6.54 Å². The third-order valence-electron chi connectivity index (χ3n) is 4.12. The number of rotatable bonds is 6. The molecule has 1 aliphatic carbocycles. The van der Waals surface area contributed by atoms with E-state index < -0.39 is 0 Å². The number of thiazole rings is 1. The summed E-state index contributed by atoms with van der Waals surface area (Å²) < 4.78 is 10.9. The highest BCUT2D eigenvalue weighted by Gasteiger charge is 2.16. The first kappa shape index (κ1) is 15.3. The molecule has 1 aliphatic rings. The van der Waals surface area contributed by atoms with Crippen LogP contribution in [0, 0.1) is 0 Å². The lowest BCUT2D eigenvalue weighted by atomic mass is 10.1. The third kappa shape index (κ3) is 3.25. The van der Waals surface area contributed by atoms with Crippen molar-refractivity contribution in [1.82, 2.24) is 10.3 Å². The van der Waals surface area contributed by atoms with Gasteiger partial charge in [-0.15, -0.1) is 11.3 Å². The normalized spacial score (nSPS) is 15.2. The first-order valence-electron chi connectivity index (χ1n) is 7.71. The number of hydrogen-bond donors (Lipinski definition) is 1. The van der Waals surface area contributed by atoms with Gasteiger partial charge in [0, 0.05) is 24.3 Å². The van der Waals surface area contributed by atoms with Crippen molar-refractivity contribution < 1.29 is 9.47 Å². The summed E-state index contributed by atoms with van der Waals surface area (Å²) in [5.41, 5.74) is 1.03. The van der Waals surface area contributed by atoms with E-state index in [-0.39, 0.29) is 0 Å². The average Bonchev–Trinajstić information content (AvgIpc) is 3.23. The summed E-state index contributed by atoms with van der Waals surface area (Å²) in [5.74, 6) is 1.52. The molecule has 4 nitrogen and oxygen atoms in total. The van der Waals surface area contributed by atoms with E-state index in [0.29, 0.717) is 6.04 Å². The molecule has 1 aromatic heterocycles. The first-order chi connectivity index (χ1) is 10.8. The van der Waals surface area contributed by atoms with Gasteiger partial charge in [-0.05, 0) is 25.0 Å². The van der Waals surface area contributed by atoms with Gasteiger partial charge in [0.25, 0.3) is 0 Å². The van der Waals surface area contributed by atoms with E-state index in [1.165, 1.54) is 25.7 Å². The number of methoxy groups -OCH3 is 2. The van der Waals surface area contributed by atoms with Gasteiger partial charge in [-0.2, -0.15) is 0 Å². The van der Waals surface area contributed by atoms with E-state index in [4.69, 9.17) is 9.47 Å². The first-order valence-corrected chi connectivity index (χ1v) is 8.53. The second kappa shape index (κ2) is 7.11. The second-order valence-electron chi connectivity index (χ2n) is 5.52. The topological polar surface area (TPSA) is 43.4 Å². The van der Waals surface area contributed by atoms with Gasteiger partial charge in [-0.25, -0.2) is 4.98 Å². The summed E-state index contributed by atoms with van der Waals surface area (Å²) in [5, 5.41) is 4.72. The van der Waals surface area contributed by atoms with Gasteiger partial charge < -0.3 is 14.8 Å². The monoisotopic (exact) mass is 318 g/mol. The van der Waals surface area contributed by atoms with Crippen molar-refractivity contribution >= 4 is 11.3 Å². The molecule has 0 unspecified atom stereocenters. The quantitative estimate of drug-likeness (QED) is 0.878. The summed E-state index contributed by atoms with van der Waals surface area (Å²) in [4.78, 5) is 5.65. The Morgan fingerprint density at radius 1 is 1.23 bits per heavy atom. The minimum absolute atomic E-state index is 0.665. The molecule has 0 amide bonds. The molecular weight excluding hydrogens is 296 g/mol. The third-order valence-corrected chi connectivity index (χ3v) is 5.15. The summed E-state index contributed by atoms with van der Waals surface area (Å²) in [6.45, 7) is 0.849. The smallest absolute Gasteiger partial charge is 0.169 e. The van der Waals surface area contributed by atoms with Crippen LogP contribution >= 0.6 is 11.3 Å². The number of nitrogens with one attached hydrogen (secondary N) is 1. The maximum Gasteiger partial charge on any atom is 0.169 e. The molecule has 0 saturated heterocycles. The van der Waals surface area contributed by atoms with Crippen LogP contribution in [0.5, 0.6) is 11.5 Å². The van der Waals surface area contributed by atoms with Gasteiger partial charge in [0.15, 0.2) is 11.5 Å². The fourth-order valence-electron chi connectivity index (χ4n) is 2.96. The van der Waals surface area contributed by atoms with Crippen molar-refractivity contribution in [3.8, 4) is 21.9 Å². The zero-order chi connectivity index (χ0) is 15.4. The maximum absolute atomic E-state index is 5.51. The molecule has 1 saturated carbocycles. The largest absolute Gasteiger partial charge is 0.493 e. The number of ether oxygens (including phenoxy) is 2. The van der Waals surface area contributed by atoms with Crippen LogP contribution in [0.4, 0.5) is 0 Å². The van der Waals surface area contributed by atoms with Gasteiger partial charge in [-0.3, -0.25) is 0 Å². The van der Waals surface area contributed by atoms with E-state index in [0.717, 1.165) is 33.5 Å². The Balaban J connectivity index is 1.75. The summed E-state index contributed by atoms with van der Waals surface area (Å²) in [6.07, 6.45) is 7.21. The van der Waals surface area contributed by atoms with Crippen molar-refractivity contribution in [2.45, 2.75) is 38.3 Å². The molecule has 0 spiro atoms. The number of benzene rings is 1. The molecule has 1 fully saturated rings. The lowest BCUT2D eigenvalue weighted by Crippen LogP contribution is -2.25. The van der Waals surface area contributed by atoms with Crippen molar-refractivity contribution in [1.29, 1.82) is 0 Å². The summed E-state index contributed by atoms with van der Waals surface area (Å²) >= 11 is 1.71. The van der Waals surface area contributed by atoms with E-state index in [9.17, 15) is 0 Å². The molecule has 1 N–H and O–H groups in total. The molecule has 5 heteroatoms. The Morgan fingerprint density at radius 3 is 2.77 bits per heavy atom. The van der Waals surface area contributed by atoms with Crippen LogP contribution in [0.15, 0.2) is 24.4 Å². The highest BCUT2D eigenvalue weighted by Crippen LogP contribution is 2.39. The van der Waals surface area contributed by atoms with Crippen LogP contribution in [-0.4, -0.2) is 25.2 Å². The molecular formula is C17H22N2O2S. The van der Waals surface area contributed by atoms with E-state index in [1.54, 1.807) is 25.6 Å². The Bertz CT molecular complexity index is 621. The molecule has 118 valence electrons. The van der Waals surface area contributed by atoms with Gasteiger partial charge in [-0.1, -0.05) is 18.9 Å². The predicted octanol–water partition coefficient (Wildman–Crippen LogP) is 3.86. The minimum atomic E-state index is 0.665. The number of aromatic nitrogens is 1. The van der Waals surface area contributed by atoms with Crippen LogP contribution in [0.3, 0.4) is 0 Å². The maximum atomic E-state index is 5.51. The highest BCUT2D eigenvalue weighted by molar-refractivity contribution is 7.15. The van der Waals surface area contributed by atoms with Crippen LogP contribution in [0.25, 0.3) is 10.4 Å². The van der Waals surface area contributed by atoms with Crippen LogP contribution in [0.1, 0.15) is 30.7 Å². The zero-order valence-corrected chi connectivity index (χ0v) is 13.9. The number of para-hydroxylation sites is 1. The molecule has 1 heterocycles. The average molecular weight is 318 g/mol. The molecule has 3 rings (SSSR count). The molecule has 0 atom stereocenters. The predicted molar refractivity (Wildman–Crippen MR) is 89.7 cm³/mol. The van der Waals surface area contributed by atoms with Gasteiger partial charge in [0.2, 0.25) is 0 Å². The SMILES string of the molecule is COc1cccc(-c2cnc(CNC3CCCC3)s2)c1OC. The van der Waals surface area contributed by atoms with Crippen LogP contribution < -0.4 is 14.8 Å². The molecule has 0 aliphatic heterocycles. The van der Waals surface area contributed by atoms with E-state index in [2.05, 4.69) is 10.3 Å². The van der Waals surface area contributed by atoms with Crippen molar-refractivity contribution in [3.05, 3.63) is 29.4 Å². The minimum Gasteiger partial charge on any atom is -0.493 e. The lowest BCUT2D eigenvalue weighted by molar-refractivity contribution is 0.356. The van der Waals surface area contributed by atoms with Gasteiger partial charge in [0.05, 0.1) is 19.1 Å². The highest BCUT2D eigenvalue weighted by atomic mass is 32.1. The van der Waals surface area contributed by atoms with Crippen molar-refractivity contribution in [2.75, 3.05) is 14.2 Å². The fraction of sp³-hybridized carbons (Fsp3) is 0.471. The summed E-state index contributed by atoms with van der Waals surface area (Å²) in [6, 6.07) is 6.60. The van der Waals surface area contributed by atoms with E-state index >= 15 is 0 Å². The van der Waals surface area contributed by atoms with Gasteiger partial charge >= 0.3 is 0 Å². The Morgan fingerprint density at radius 2 is 2.05 bits per heavy atom. The molecule has 22 heavy (non-hydrogen) atoms.